The zero-order valence-electron chi connectivity index (χ0n) is 6.97. The Balaban J connectivity index is 3.44. The molecule has 0 fully saturated rings. The first-order valence-corrected chi connectivity index (χ1v) is 3.95. The summed E-state index contributed by atoms with van der Waals surface area (Å²) in [6.45, 7) is 3.32. The molecule has 0 radical (unpaired) electrons. The summed E-state index contributed by atoms with van der Waals surface area (Å²) in [5, 5.41) is 3.02. The highest BCUT2D eigenvalue weighted by Crippen LogP contribution is 1.88. The highest BCUT2D eigenvalue weighted by molar-refractivity contribution is 5.79. The summed E-state index contributed by atoms with van der Waals surface area (Å²) in [6, 6.07) is -0.193. The maximum absolute atomic E-state index is 10.7. The first kappa shape index (κ1) is 10.4. The van der Waals surface area contributed by atoms with Crippen LogP contribution in [0.15, 0.2) is 0 Å². The van der Waals surface area contributed by atoms with Crippen LogP contribution in [0.2, 0.25) is 0 Å². The number of hydrogen-bond donors (Lipinski definition) is 3. The second-order valence-electron chi connectivity index (χ2n) is 2.46. The first-order chi connectivity index (χ1) is 5.22. The summed E-state index contributed by atoms with van der Waals surface area (Å²) in [5.74, 6) is -0.287. The van der Waals surface area contributed by atoms with E-state index in [0.717, 1.165) is 19.4 Å². The molecule has 1 unspecified atom stereocenters. The molecule has 0 saturated heterocycles. The average Bonchev–Trinajstić information content (AvgIpc) is 1.97. The van der Waals surface area contributed by atoms with Crippen molar-refractivity contribution in [2.75, 3.05) is 13.1 Å². The van der Waals surface area contributed by atoms with Gasteiger partial charge in [-0.15, -0.1) is 0 Å². The minimum atomic E-state index is -0.287. The fourth-order valence-electron chi connectivity index (χ4n) is 0.824. The molecule has 1 atom stereocenters. The van der Waals surface area contributed by atoms with Crippen LogP contribution in [-0.4, -0.2) is 25.0 Å². The normalized spacial score (nSPS) is 12.9. The molecule has 4 heteroatoms. The maximum Gasteiger partial charge on any atom is 0.234 e. The molecule has 0 saturated carbocycles. The molecule has 0 bridgehead atoms. The van der Waals surface area contributed by atoms with Crippen LogP contribution in [0.5, 0.6) is 0 Å². The molecular formula is C7H17N3O. The van der Waals surface area contributed by atoms with E-state index in [2.05, 4.69) is 5.32 Å². The molecule has 0 aromatic rings. The van der Waals surface area contributed by atoms with Gasteiger partial charge in [-0.3, -0.25) is 4.79 Å². The van der Waals surface area contributed by atoms with Crippen molar-refractivity contribution in [3.63, 3.8) is 0 Å². The van der Waals surface area contributed by atoms with Gasteiger partial charge in [0.25, 0.3) is 0 Å². The Labute approximate surface area is 67.3 Å². The van der Waals surface area contributed by atoms with Gasteiger partial charge in [0.2, 0.25) is 5.91 Å². The highest BCUT2D eigenvalue weighted by Gasteiger charge is 2.09. The van der Waals surface area contributed by atoms with E-state index in [9.17, 15) is 4.79 Å². The molecule has 5 N–H and O–H groups in total. The number of primary amides is 1. The van der Waals surface area contributed by atoms with E-state index in [1.165, 1.54) is 0 Å². The second-order valence-corrected chi connectivity index (χ2v) is 2.46. The lowest BCUT2D eigenvalue weighted by molar-refractivity contribution is -0.120. The van der Waals surface area contributed by atoms with Crippen molar-refractivity contribution < 1.29 is 4.79 Å². The smallest absolute Gasteiger partial charge is 0.234 e. The molecule has 0 aliphatic heterocycles. The van der Waals surface area contributed by atoms with Gasteiger partial charge in [0.15, 0.2) is 0 Å². The zero-order chi connectivity index (χ0) is 8.69. The molecular weight excluding hydrogens is 142 g/mol. The van der Waals surface area contributed by atoms with Gasteiger partial charge in [0, 0.05) is 0 Å². The standard InChI is InChI=1S/C7H17N3O/c1-2-6(7(9)11)10-5-3-4-8/h6,10H,2-5,8H2,1H3,(H2,9,11). The number of nitrogens with one attached hydrogen (secondary N) is 1. The lowest BCUT2D eigenvalue weighted by Gasteiger charge is -2.11. The average molecular weight is 159 g/mol. The van der Waals surface area contributed by atoms with Crippen molar-refractivity contribution in [3.8, 4) is 0 Å². The van der Waals surface area contributed by atoms with Gasteiger partial charge in [-0.1, -0.05) is 6.92 Å². The monoisotopic (exact) mass is 159 g/mol. The van der Waals surface area contributed by atoms with Crippen LogP contribution in [0, 0.1) is 0 Å². The topological polar surface area (TPSA) is 81.1 Å². The summed E-state index contributed by atoms with van der Waals surface area (Å²) < 4.78 is 0. The third-order valence-electron chi connectivity index (χ3n) is 1.52. The molecule has 0 rings (SSSR count). The maximum atomic E-state index is 10.7. The molecule has 0 aliphatic rings. The van der Waals surface area contributed by atoms with Crippen LogP contribution in [0.25, 0.3) is 0 Å². The predicted octanol–water partition coefficient (Wildman–Crippen LogP) is -0.811. The van der Waals surface area contributed by atoms with Gasteiger partial charge in [-0.2, -0.15) is 0 Å². The number of hydrogen-bond acceptors (Lipinski definition) is 3. The van der Waals surface area contributed by atoms with E-state index in [1.807, 2.05) is 6.92 Å². The summed E-state index contributed by atoms with van der Waals surface area (Å²) >= 11 is 0. The van der Waals surface area contributed by atoms with E-state index >= 15 is 0 Å². The van der Waals surface area contributed by atoms with Crippen molar-refractivity contribution >= 4 is 5.91 Å². The molecule has 11 heavy (non-hydrogen) atoms. The third-order valence-corrected chi connectivity index (χ3v) is 1.52. The molecule has 4 nitrogen and oxygen atoms in total. The Morgan fingerprint density at radius 1 is 1.64 bits per heavy atom. The number of carbonyl (C=O) groups excluding carboxylic acids is 1. The summed E-state index contributed by atoms with van der Waals surface area (Å²) in [7, 11) is 0. The fourth-order valence-corrected chi connectivity index (χ4v) is 0.824. The Morgan fingerprint density at radius 2 is 2.27 bits per heavy atom. The van der Waals surface area contributed by atoms with E-state index < -0.39 is 0 Å². The molecule has 0 aromatic heterocycles. The summed E-state index contributed by atoms with van der Waals surface area (Å²) in [6.07, 6.45) is 1.61. The lowest BCUT2D eigenvalue weighted by Crippen LogP contribution is -2.41. The number of amides is 1. The largest absolute Gasteiger partial charge is 0.368 e. The Kier molecular flexibility index (Phi) is 5.78. The van der Waals surface area contributed by atoms with Crippen LogP contribution >= 0.6 is 0 Å². The highest BCUT2D eigenvalue weighted by atomic mass is 16.1. The Hall–Kier alpha value is -0.610. The van der Waals surface area contributed by atoms with Crippen molar-refractivity contribution in [3.05, 3.63) is 0 Å². The van der Waals surface area contributed by atoms with Gasteiger partial charge >= 0.3 is 0 Å². The van der Waals surface area contributed by atoms with Crippen molar-refractivity contribution in [2.24, 2.45) is 11.5 Å². The zero-order valence-corrected chi connectivity index (χ0v) is 6.97. The number of carbonyl (C=O) groups is 1. The van der Waals surface area contributed by atoms with Crippen molar-refractivity contribution in [1.29, 1.82) is 0 Å². The van der Waals surface area contributed by atoms with Gasteiger partial charge in [0.1, 0.15) is 0 Å². The van der Waals surface area contributed by atoms with Crippen molar-refractivity contribution in [2.45, 2.75) is 25.8 Å². The molecule has 0 spiro atoms. The van der Waals surface area contributed by atoms with Crippen LogP contribution in [0.3, 0.4) is 0 Å². The van der Waals surface area contributed by atoms with Gasteiger partial charge in [-0.25, -0.2) is 0 Å². The Morgan fingerprint density at radius 3 is 2.64 bits per heavy atom. The molecule has 0 heterocycles. The minimum Gasteiger partial charge on any atom is -0.368 e. The summed E-state index contributed by atoms with van der Waals surface area (Å²) in [4.78, 5) is 10.7. The van der Waals surface area contributed by atoms with E-state index in [-0.39, 0.29) is 11.9 Å². The van der Waals surface area contributed by atoms with Crippen LogP contribution in [0.1, 0.15) is 19.8 Å². The third kappa shape index (κ3) is 4.75. The fraction of sp³-hybridized carbons (Fsp3) is 0.857. The number of nitrogens with two attached hydrogens (primary N) is 2. The molecule has 0 aromatic carbocycles. The van der Waals surface area contributed by atoms with Crippen LogP contribution < -0.4 is 16.8 Å². The quantitative estimate of drug-likeness (QED) is 0.443. The van der Waals surface area contributed by atoms with E-state index in [4.69, 9.17) is 11.5 Å². The molecule has 0 aliphatic carbocycles. The Bertz CT molecular complexity index is 116. The van der Waals surface area contributed by atoms with Gasteiger partial charge in [0.05, 0.1) is 6.04 Å². The molecule has 66 valence electrons. The minimum absolute atomic E-state index is 0.193. The van der Waals surface area contributed by atoms with E-state index in [0.29, 0.717) is 6.54 Å². The lowest BCUT2D eigenvalue weighted by atomic mass is 10.2. The van der Waals surface area contributed by atoms with Crippen molar-refractivity contribution in [1.82, 2.24) is 5.32 Å². The first-order valence-electron chi connectivity index (χ1n) is 3.95. The van der Waals surface area contributed by atoms with Gasteiger partial charge < -0.3 is 16.8 Å². The SMILES string of the molecule is CCC(NCCCN)C(N)=O. The van der Waals surface area contributed by atoms with Crippen LogP contribution in [0.4, 0.5) is 0 Å². The number of rotatable bonds is 6. The second kappa shape index (κ2) is 6.12. The summed E-state index contributed by atoms with van der Waals surface area (Å²) in [5.41, 5.74) is 10.4. The van der Waals surface area contributed by atoms with Gasteiger partial charge in [-0.05, 0) is 25.9 Å². The van der Waals surface area contributed by atoms with Crippen LogP contribution in [-0.2, 0) is 4.79 Å². The van der Waals surface area contributed by atoms with E-state index in [1.54, 1.807) is 0 Å². The predicted molar refractivity (Wildman–Crippen MR) is 44.9 cm³/mol. The molecule has 1 amide bonds.